The van der Waals surface area contributed by atoms with Crippen LogP contribution in [0.3, 0.4) is 0 Å². The van der Waals surface area contributed by atoms with Crippen LogP contribution >= 0.6 is 11.6 Å². The summed E-state index contributed by atoms with van der Waals surface area (Å²) in [5, 5.41) is 7.36. The average molecular weight is 497 g/mol. The van der Waals surface area contributed by atoms with E-state index in [4.69, 9.17) is 11.6 Å². The maximum Gasteiger partial charge on any atom is 0.319 e. The second-order valence-corrected chi connectivity index (χ2v) is 9.40. The Balaban J connectivity index is 1.81. The summed E-state index contributed by atoms with van der Waals surface area (Å²) in [5.74, 6) is -0.0382. The molecule has 2 aromatic carbocycles. The lowest BCUT2D eigenvalue weighted by Gasteiger charge is -2.28. The summed E-state index contributed by atoms with van der Waals surface area (Å²) in [6.07, 6.45) is 8.60. The van der Waals surface area contributed by atoms with Gasteiger partial charge < -0.3 is 20.5 Å². The normalized spacial score (nSPS) is 11.9. The zero-order valence-electron chi connectivity index (χ0n) is 20.8. The van der Waals surface area contributed by atoms with Gasteiger partial charge in [-0.05, 0) is 42.7 Å². The minimum atomic E-state index is -0.684. The number of carbonyl (C=O) groups is 2. The van der Waals surface area contributed by atoms with E-state index in [1.165, 1.54) is 0 Å². The first-order valence-corrected chi connectivity index (χ1v) is 13.1. The van der Waals surface area contributed by atoms with Crippen LogP contribution in [-0.2, 0) is 11.2 Å². The van der Waals surface area contributed by atoms with Crippen LogP contribution in [-0.4, -0.2) is 41.0 Å². The summed E-state index contributed by atoms with van der Waals surface area (Å²) in [6, 6.07) is 13.9. The van der Waals surface area contributed by atoms with Crippen LogP contribution in [0.25, 0.3) is 10.9 Å². The van der Waals surface area contributed by atoms with Gasteiger partial charge in [0.25, 0.3) is 0 Å². The van der Waals surface area contributed by atoms with Gasteiger partial charge in [0.2, 0.25) is 5.91 Å². The summed E-state index contributed by atoms with van der Waals surface area (Å²) < 4.78 is 0. The van der Waals surface area contributed by atoms with Gasteiger partial charge in [-0.15, -0.1) is 0 Å². The number of urea groups is 1. The number of benzene rings is 2. The van der Waals surface area contributed by atoms with E-state index in [-0.39, 0.29) is 5.91 Å². The predicted molar refractivity (Wildman–Crippen MR) is 145 cm³/mol. The van der Waals surface area contributed by atoms with E-state index in [9.17, 15) is 9.59 Å². The predicted octanol–water partition coefficient (Wildman–Crippen LogP) is 6.76. The molecule has 0 fully saturated rings. The average Bonchev–Trinajstić information content (AvgIpc) is 3.25. The Kier molecular flexibility index (Phi) is 10.5. The molecule has 7 heteroatoms. The van der Waals surface area contributed by atoms with Gasteiger partial charge in [0.05, 0.1) is 0 Å². The number of para-hydroxylation sites is 1. The van der Waals surface area contributed by atoms with E-state index in [1.807, 2.05) is 35.4 Å². The van der Waals surface area contributed by atoms with Gasteiger partial charge in [-0.25, -0.2) is 4.79 Å². The summed E-state index contributed by atoms with van der Waals surface area (Å²) in [6.45, 7) is 5.73. The Hall–Kier alpha value is -2.99. The number of fused-ring (bicyclic) bond motifs is 1. The van der Waals surface area contributed by atoms with Crippen LogP contribution in [0.15, 0.2) is 54.7 Å². The van der Waals surface area contributed by atoms with E-state index >= 15 is 0 Å². The number of carbonyl (C=O) groups excluding carboxylic acids is 2. The van der Waals surface area contributed by atoms with Crippen molar-refractivity contribution >= 4 is 40.1 Å². The van der Waals surface area contributed by atoms with Crippen LogP contribution in [0, 0.1) is 0 Å². The molecular weight excluding hydrogens is 460 g/mol. The van der Waals surface area contributed by atoms with Gasteiger partial charge in [-0.3, -0.25) is 4.79 Å². The Morgan fingerprint density at radius 3 is 2.37 bits per heavy atom. The number of H-pyrrole nitrogens is 1. The molecule has 0 saturated heterocycles. The Bertz CT molecular complexity index is 1090. The van der Waals surface area contributed by atoms with Crippen molar-refractivity contribution in [3.63, 3.8) is 0 Å². The molecule has 0 aliphatic rings. The van der Waals surface area contributed by atoms with Crippen LogP contribution in [0.1, 0.15) is 57.9 Å². The lowest BCUT2D eigenvalue weighted by Crippen LogP contribution is -2.51. The SMILES string of the molecule is CCCCCN(CCCCC)C(=O)[C@@H](Cc1c[nH]c2ccccc12)NC(=O)Nc1cccc(Cl)c1. The molecule has 0 spiro atoms. The highest BCUT2D eigenvalue weighted by molar-refractivity contribution is 6.30. The lowest BCUT2D eigenvalue weighted by molar-refractivity contribution is -0.133. The highest BCUT2D eigenvalue weighted by Gasteiger charge is 2.27. The first-order chi connectivity index (χ1) is 17.0. The van der Waals surface area contributed by atoms with Crippen molar-refractivity contribution in [3.05, 3.63) is 65.3 Å². The third-order valence-corrected chi connectivity index (χ3v) is 6.39. The monoisotopic (exact) mass is 496 g/mol. The molecule has 6 nitrogen and oxygen atoms in total. The summed E-state index contributed by atoms with van der Waals surface area (Å²) >= 11 is 6.06. The van der Waals surface area contributed by atoms with Crippen molar-refractivity contribution in [2.24, 2.45) is 0 Å². The van der Waals surface area contributed by atoms with Crippen molar-refractivity contribution in [2.45, 2.75) is 64.8 Å². The molecule has 3 N–H and O–H groups in total. The third kappa shape index (κ3) is 8.03. The highest BCUT2D eigenvalue weighted by atomic mass is 35.5. The largest absolute Gasteiger partial charge is 0.361 e. The maximum absolute atomic E-state index is 13.8. The number of aromatic nitrogens is 1. The van der Waals surface area contributed by atoms with Crippen LogP contribution in [0.2, 0.25) is 5.02 Å². The minimum Gasteiger partial charge on any atom is -0.361 e. The number of nitrogens with zero attached hydrogens (tertiary/aromatic N) is 1. The second kappa shape index (κ2) is 13.8. The van der Waals surface area contributed by atoms with E-state index in [2.05, 4.69) is 29.5 Å². The third-order valence-electron chi connectivity index (χ3n) is 6.16. The Morgan fingerprint density at radius 2 is 1.69 bits per heavy atom. The summed E-state index contributed by atoms with van der Waals surface area (Å²) in [7, 11) is 0. The number of hydrogen-bond donors (Lipinski definition) is 3. The Morgan fingerprint density at radius 1 is 0.971 bits per heavy atom. The van der Waals surface area contributed by atoms with Crippen LogP contribution < -0.4 is 10.6 Å². The van der Waals surface area contributed by atoms with Gasteiger partial charge >= 0.3 is 6.03 Å². The van der Waals surface area contributed by atoms with Crippen LogP contribution in [0.5, 0.6) is 0 Å². The molecule has 0 aliphatic carbocycles. The topological polar surface area (TPSA) is 77.2 Å². The molecule has 1 atom stereocenters. The molecule has 3 aromatic rings. The second-order valence-electron chi connectivity index (χ2n) is 8.96. The molecule has 0 bridgehead atoms. The highest BCUT2D eigenvalue weighted by Crippen LogP contribution is 2.20. The van der Waals surface area contributed by atoms with Crippen molar-refractivity contribution < 1.29 is 9.59 Å². The van der Waals surface area contributed by atoms with Crippen LogP contribution in [0.4, 0.5) is 10.5 Å². The molecule has 1 heterocycles. The molecule has 1 aromatic heterocycles. The van der Waals surface area contributed by atoms with E-state index in [0.29, 0.717) is 30.2 Å². The quantitative estimate of drug-likeness (QED) is 0.228. The van der Waals surface area contributed by atoms with Gasteiger partial charge in [-0.1, -0.05) is 75.4 Å². The van der Waals surface area contributed by atoms with Crippen molar-refractivity contribution in [2.75, 3.05) is 18.4 Å². The zero-order valence-corrected chi connectivity index (χ0v) is 21.5. The standard InChI is InChI=1S/C28H37ClN4O2/c1-3-5-9-16-33(17-10-6-4-2)27(34)26(18-21-20-30-25-15-8-7-14-24(21)25)32-28(35)31-23-13-11-12-22(29)19-23/h7-8,11-15,19-20,26,30H,3-6,9-10,16-18H2,1-2H3,(H2,31,32,35)/t26-/m1/s1. The number of anilines is 1. The van der Waals surface area contributed by atoms with E-state index in [1.54, 1.807) is 24.3 Å². The number of unbranched alkanes of at least 4 members (excludes halogenated alkanes) is 4. The molecule has 3 rings (SSSR count). The molecule has 188 valence electrons. The van der Waals surface area contributed by atoms with Crippen molar-refractivity contribution in [1.82, 2.24) is 15.2 Å². The molecule has 0 aliphatic heterocycles. The smallest absolute Gasteiger partial charge is 0.319 e. The first kappa shape index (κ1) is 26.6. The van der Waals surface area contributed by atoms with Gasteiger partial charge in [0.1, 0.15) is 6.04 Å². The summed E-state index contributed by atoms with van der Waals surface area (Å²) in [4.78, 5) is 31.9. The van der Waals surface area contributed by atoms with Gasteiger partial charge in [0.15, 0.2) is 0 Å². The molecule has 3 amide bonds. The number of nitrogens with one attached hydrogen (secondary N) is 3. The molecule has 0 saturated carbocycles. The fourth-order valence-corrected chi connectivity index (χ4v) is 4.46. The lowest BCUT2D eigenvalue weighted by atomic mass is 10.0. The Labute approximate surface area is 213 Å². The number of halogens is 1. The fourth-order valence-electron chi connectivity index (χ4n) is 4.27. The van der Waals surface area contributed by atoms with Gasteiger partial charge in [-0.2, -0.15) is 0 Å². The molecule has 35 heavy (non-hydrogen) atoms. The van der Waals surface area contributed by atoms with Gasteiger partial charge in [0, 0.05) is 47.3 Å². The maximum atomic E-state index is 13.8. The van der Waals surface area contributed by atoms with Crippen molar-refractivity contribution in [1.29, 1.82) is 0 Å². The van der Waals surface area contributed by atoms with E-state index < -0.39 is 12.1 Å². The zero-order chi connectivity index (χ0) is 25.0. The van der Waals surface area contributed by atoms with E-state index in [0.717, 1.165) is 55.0 Å². The molecular formula is C28H37ClN4O2. The number of rotatable bonds is 13. The summed E-state index contributed by atoms with van der Waals surface area (Å²) in [5.41, 5.74) is 2.60. The molecule has 0 unspecified atom stereocenters. The number of amides is 3. The number of hydrogen-bond acceptors (Lipinski definition) is 2. The fraction of sp³-hybridized carbons (Fsp3) is 0.429. The molecule has 0 radical (unpaired) electrons. The minimum absolute atomic E-state index is 0.0382. The number of aromatic amines is 1. The first-order valence-electron chi connectivity index (χ1n) is 12.7. The van der Waals surface area contributed by atoms with Crippen molar-refractivity contribution in [3.8, 4) is 0 Å².